The van der Waals surface area contributed by atoms with Crippen molar-refractivity contribution in [2.75, 3.05) is 13.1 Å². The summed E-state index contributed by atoms with van der Waals surface area (Å²) in [6, 6.07) is -0.344. The maximum atomic E-state index is 14.6. The van der Waals surface area contributed by atoms with Crippen molar-refractivity contribution >= 4 is 22.0 Å². The number of carbonyl (C=O) groups is 1. The van der Waals surface area contributed by atoms with Crippen LogP contribution < -0.4 is 0 Å². The molecule has 0 bridgehead atoms. The van der Waals surface area contributed by atoms with Gasteiger partial charge in [0.25, 0.3) is 0 Å². The molecule has 0 N–H and O–H groups in total. The number of carbonyl (C=O) groups excluding carboxylic acids is 1. The lowest BCUT2D eigenvalue weighted by Crippen LogP contribution is -2.47. The van der Waals surface area contributed by atoms with Crippen LogP contribution in [0, 0.1) is 13.8 Å². The molecule has 2 atom stereocenters. The van der Waals surface area contributed by atoms with Crippen molar-refractivity contribution in [3.8, 4) is 0 Å². The Hall–Kier alpha value is -1.11. The van der Waals surface area contributed by atoms with Gasteiger partial charge >= 0.3 is 6.09 Å². The second kappa shape index (κ2) is 6.18. The first kappa shape index (κ1) is 17.2. The van der Waals surface area contributed by atoms with Crippen molar-refractivity contribution in [1.29, 1.82) is 0 Å². The molecule has 0 unspecified atom stereocenters. The predicted molar refractivity (Wildman–Crippen MR) is 85.8 cm³/mol. The van der Waals surface area contributed by atoms with E-state index in [0.717, 1.165) is 15.9 Å². The molecule has 1 aromatic rings. The first-order valence-electron chi connectivity index (χ1n) is 7.43. The van der Waals surface area contributed by atoms with Crippen molar-refractivity contribution < 1.29 is 13.9 Å². The Labute approximate surface area is 138 Å². The summed E-state index contributed by atoms with van der Waals surface area (Å²) in [6.45, 7) is 9.72. The summed E-state index contributed by atoms with van der Waals surface area (Å²) in [5.41, 5.74) is 1.19. The quantitative estimate of drug-likeness (QED) is 0.750. The first-order valence-corrected chi connectivity index (χ1v) is 8.22. The highest BCUT2D eigenvalue weighted by molar-refractivity contribution is 9.10. The van der Waals surface area contributed by atoms with E-state index < -0.39 is 17.9 Å². The van der Waals surface area contributed by atoms with Crippen LogP contribution in [-0.2, 0) is 4.74 Å². The smallest absolute Gasteiger partial charge is 0.410 e. The minimum absolute atomic E-state index is 0.0372. The Morgan fingerprint density at radius 2 is 2.05 bits per heavy atom. The van der Waals surface area contributed by atoms with E-state index in [4.69, 9.17) is 4.74 Å². The molecular formula is C15H23BrFN3O2. The van der Waals surface area contributed by atoms with Gasteiger partial charge in [-0.3, -0.25) is 4.68 Å². The van der Waals surface area contributed by atoms with Crippen LogP contribution in [0.2, 0.25) is 0 Å². The van der Waals surface area contributed by atoms with E-state index in [1.54, 1.807) is 25.5 Å². The number of piperidine rings is 1. The first-order chi connectivity index (χ1) is 10.1. The van der Waals surface area contributed by atoms with Crippen LogP contribution in [0.4, 0.5) is 9.18 Å². The SMILES string of the molecule is Cc1nn([C@@H]2CCN(C(=O)OC(C)(C)C)C[C@H]2F)c(C)c1Br. The number of alkyl halides is 1. The van der Waals surface area contributed by atoms with Gasteiger partial charge in [-0.05, 0) is 57.0 Å². The lowest BCUT2D eigenvalue weighted by Gasteiger charge is -2.36. The number of hydrogen-bond acceptors (Lipinski definition) is 3. The zero-order valence-electron chi connectivity index (χ0n) is 13.7. The normalized spacial score (nSPS) is 22.8. The molecule has 1 aliphatic rings. The minimum atomic E-state index is -1.16. The Bertz CT molecular complexity index is 568. The lowest BCUT2D eigenvalue weighted by molar-refractivity contribution is 0.00558. The topological polar surface area (TPSA) is 47.4 Å². The summed E-state index contributed by atoms with van der Waals surface area (Å²) in [7, 11) is 0. The van der Waals surface area contributed by atoms with Crippen molar-refractivity contribution in [1.82, 2.24) is 14.7 Å². The summed E-state index contributed by atoms with van der Waals surface area (Å²) in [4.78, 5) is 13.5. The monoisotopic (exact) mass is 375 g/mol. The number of likely N-dealkylation sites (tertiary alicyclic amines) is 1. The molecule has 22 heavy (non-hydrogen) atoms. The molecule has 2 heterocycles. The van der Waals surface area contributed by atoms with E-state index >= 15 is 0 Å². The maximum Gasteiger partial charge on any atom is 0.410 e. The second-order valence-corrected chi connectivity index (χ2v) is 7.52. The molecule has 1 aromatic heterocycles. The molecule has 0 aliphatic carbocycles. The maximum absolute atomic E-state index is 14.6. The van der Waals surface area contributed by atoms with Crippen molar-refractivity contribution in [3.05, 3.63) is 15.9 Å². The number of rotatable bonds is 1. The second-order valence-electron chi connectivity index (χ2n) is 6.73. The van der Waals surface area contributed by atoms with E-state index in [1.807, 2.05) is 13.8 Å². The van der Waals surface area contributed by atoms with Crippen molar-refractivity contribution in [2.45, 2.75) is 58.9 Å². The number of aromatic nitrogens is 2. The summed E-state index contributed by atoms with van der Waals surface area (Å²) in [5.74, 6) is 0. The van der Waals surface area contributed by atoms with Gasteiger partial charge in [-0.1, -0.05) is 0 Å². The Balaban J connectivity index is 2.07. The van der Waals surface area contributed by atoms with Crippen LogP contribution in [0.3, 0.4) is 0 Å². The summed E-state index contributed by atoms with van der Waals surface area (Å²) in [5, 5.41) is 4.41. The third-order valence-corrected chi connectivity index (χ3v) is 4.86. The van der Waals surface area contributed by atoms with Crippen LogP contribution in [0.15, 0.2) is 4.47 Å². The van der Waals surface area contributed by atoms with Gasteiger partial charge in [-0.2, -0.15) is 5.10 Å². The molecule has 1 amide bonds. The fourth-order valence-corrected chi connectivity index (χ4v) is 2.89. The van der Waals surface area contributed by atoms with Crippen molar-refractivity contribution in [3.63, 3.8) is 0 Å². The van der Waals surface area contributed by atoms with Crippen LogP contribution >= 0.6 is 15.9 Å². The molecule has 7 heteroatoms. The lowest BCUT2D eigenvalue weighted by atomic mass is 10.0. The van der Waals surface area contributed by atoms with Gasteiger partial charge in [0.15, 0.2) is 0 Å². The van der Waals surface area contributed by atoms with Gasteiger partial charge in [0, 0.05) is 6.54 Å². The van der Waals surface area contributed by atoms with Gasteiger partial charge < -0.3 is 9.64 Å². The highest BCUT2D eigenvalue weighted by Gasteiger charge is 2.36. The molecule has 124 valence electrons. The summed E-state index contributed by atoms with van der Waals surface area (Å²) >= 11 is 3.46. The Morgan fingerprint density at radius 3 is 2.50 bits per heavy atom. The standard InChI is InChI=1S/C15H23BrFN3O2/c1-9-13(16)10(2)20(18-9)12-6-7-19(8-11(12)17)14(21)22-15(3,4)5/h11-12H,6-8H2,1-5H3/t11-,12-/m1/s1. The van der Waals surface area contributed by atoms with Gasteiger partial charge in [0.1, 0.15) is 11.8 Å². The van der Waals surface area contributed by atoms with E-state index in [0.29, 0.717) is 13.0 Å². The predicted octanol–water partition coefficient (Wildman–Crippen LogP) is 3.78. The van der Waals surface area contributed by atoms with E-state index in [9.17, 15) is 9.18 Å². The van der Waals surface area contributed by atoms with Gasteiger partial charge in [0.2, 0.25) is 0 Å². The Morgan fingerprint density at radius 1 is 1.41 bits per heavy atom. The number of hydrogen-bond donors (Lipinski definition) is 0. The number of ether oxygens (including phenoxy) is 1. The number of amides is 1. The third kappa shape index (κ3) is 3.62. The average Bonchev–Trinajstić information content (AvgIpc) is 2.64. The number of halogens is 2. The van der Waals surface area contributed by atoms with Crippen LogP contribution in [0.5, 0.6) is 0 Å². The van der Waals surface area contributed by atoms with Crippen molar-refractivity contribution in [2.24, 2.45) is 0 Å². The zero-order valence-corrected chi connectivity index (χ0v) is 15.3. The molecule has 1 aliphatic heterocycles. The molecule has 1 fully saturated rings. The van der Waals surface area contributed by atoms with Crippen LogP contribution in [0.25, 0.3) is 0 Å². The average molecular weight is 376 g/mol. The highest BCUT2D eigenvalue weighted by atomic mass is 79.9. The van der Waals surface area contributed by atoms with E-state index in [1.165, 1.54) is 4.90 Å². The fraction of sp³-hybridized carbons (Fsp3) is 0.733. The van der Waals surface area contributed by atoms with Gasteiger partial charge in [-0.25, -0.2) is 9.18 Å². The summed E-state index contributed by atoms with van der Waals surface area (Å²) in [6.07, 6.45) is -1.09. The molecule has 0 radical (unpaired) electrons. The van der Waals surface area contributed by atoms with E-state index in [2.05, 4.69) is 21.0 Å². The third-order valence-electron chi connectivity index (χ3n) is 3.71. The summed E-state index contributed by atoms with van der Waals surface area (Å²) < 4.78 is 22.5. The molecule has 0 spiro atoms. The van der Waals surface area contributed by atoms with Crippen LogP contribution in [-0.4, -0.2) is 45.6 Å². The largest absolute Gasteiger partial charge is 0.444 e. The molecule has 0 saturated carbocycles. The molecule has 2 rings (SSSR count). The number of aryl methyl sites for hydroxylation is 1. The fourth-order valence-electron chi connectivity index (χ4n) is 2.63. The molecule has 1 saturated heterocycles. The van der Waals surface area contributed by atoms with Crippen LogP contribution in [0.1, 0.15) is 44.6 Å². The number of nitrogens with zero attached hydrogens (tertiary/aromatic N) is 3. The van der Waals surface area contributed by atoms with Gasteiger partial charge in [-0.15, -0.1) is 0 Å². The molecule has 0 aromatic carbocycles. The highest BCUT2D eigenvalue weighted by Crippen LogP contribution is 2.30. The molecule has 5 nitrogen and oxygen atoms in total. The zero-order chi connectivity index (χ0) is 16.7. The Kier molecular flexibility index (Phi) is 4.84. The van der Waals surface area contributed by atoms with Gasteiger partial charge in [0.05, 0.1) is 28.4 Å². The molecular weight excluding hydrogens is 353 g/mol. The minimum Gasteiger partial charge on any atom is -0.444 e. The van der Waals surface area contributed by atoms with E-state index in [-0.39, 0.29) is 12.6 Å².